The molecule has 0 unspecified atom stereocenters. The quantitative estimate of drug-likeness (QED) is 0.772. The number of hydrogen-bond donors (Lipinski definition) is 2. The zero-order valence-corrected chi connectivity index (χ0v) is 11.9. The molecule has 0 spiro atoms. The van der Waals surface area contributed by atoms with Gasteiger partial charge < -0.3 is 5.32 Å². The Labute approximate surface area is 113 Å². The number of H-pyrrole nitrogens is 1. The van der Waals surface area contributed by atoms with E-state index in [0.717, 1.165) is 18.4 Å². The summed E-state index contributed by atoms with van der Waals surface area (Å²) in [5.41, 5.74) is 0.731. The predicted molar refractivity (Wildman–Crippen MR) is 71.0 cm³/mol. The maximum absolute atomic E-state index is 12.5. The Hall–Kier alpha value is -0.920. The van der Waals surface area contributed by atoms with E-state index in [1.54, 1.807) is 13.2 Å². The highest BCUT2D eigenvalue weighted by molar-refractivity contribution is 7.89. The van der Waals surface area contributed by atoms with Crippen molar-refractivity contribution < 1.29 is 8.42 Å². The van der Waals surface area contributed by atoms with E-state index in [-0.39, 0.29) is 5.03 Å². The van der Waals surface area contributed by atoms with E-state index in [1.807, 2.05) is 0 Å². The normalized spacial score (nSPS) is 20.1. The summed E-state index contributed by atoms with van der Waals surface area (Å²) >= 11 is 0. The van der Waals surface area contributed by atoms with Crippen molar-refractivity contribution in [3.05, 3.63) is 11.8 Å². The lowest BCUT2D eigenvalue weighted by Crippen LogP contribution is -2.30. The summed E-state index contributed by atoms with van der Waals surface area (Å²) < 4.78 is 26.4. The molecule has 6 nitrogen and oxygen atoms in total. The van der Waals surface area contributed by atoms with Crippen LogP contribution >= 0.6 is 0 Å². The molecule has 106 valence electrons. The molecule has 0 amide bonds. The molecule has 1 aromatic rings. The van der Waals surface area contributed by atoms with E-state index in [0.29, 0.717) is 25.0 Å². The minimum absolute atomic E-state index is 0.240. The summed E-state index contributed by atoms with van der Waals surface area (Å²) in [6, 6.07) is 0.551. The van der Waals surface area contributed by atoms with Crippen molar-refractivity contribution in [1.82, 2.24) is 19.8 Å². The highest BCUT2D eigenvalue weighted by atomic mass is 32.2. The number of nitrogens with zero attached hydrogens (tertiary/aromatic N) is 2. The van der Waals surface area contributed by atoms with Gasteiger partial charge in [0, 0.05) is 31.7 Å². The molecule has 0 aromatic carbocycles. The Morgan fingerprint density at radius 1 is 1.42 bits per heavy atom. The largest absolute Gasteiger partial charge is 0.310 e. The smallest absolute Gasteiger partial charge is 0.260 e. The van der Waals surface area contributed by atoms with Gasteiger partial charge in [-0.15, -0.1) is 0 Å². The molecule has 2 N–H and O–H groups in total. The second-order valence-corrected chi connectivity index (χ2v) is 7.59. The predicted octanol–water partition coefficient (Wildman–Crippen LogP) is 0.692. The van der Waals surface area contributed by atoms with E-state index >= 15 is 0 Å². The van der Waals surface area contributed by atoms with Crippen LogP contribution in [-0.4, -0.2) is 42.6 Å². The van der Waals surface area contributed by atoms with Crippen LogP contribution < -0.4 is 5.32 Å². The number of sulfonamides is 1. The number of rotatable bonds is 7. The lowest BCUT2D eigenvalue weighted by Gasteiger charge is -2.16. The maximum atomic E-state index is 12.5. The van der Waals surface area contributed by atoms with Crippen molar-refractivity contribution in [1.29, 1.82) is 0 Å². The fourth-order valence-corrected chi connectivity index (χ4v) is 3.45. The molecule has 0 radical (unpaired) electrons. The van der Waals surface area contributed by atoms with Crippen LogP contribution in [0.1, 0.15) is 31.2 Å². The molecular weight excluding hydrogens is 264 g/mol. The van der Waals surface area contributed by atoms with E-state index in [2.05, 4.69) is 15.5 Å². The van der Waals surface area contributed by atoms with Gasteiger partial charge in [-0.3, -0.25) is 5.10 Å². The Kier molecular flexibility index (Phi) is 3.36. The number of aromatic amines is 1. The first kappa shape index (κ1) is 13.1. The topological polar surface area (TPSA) is 78.1 Å². The minimum Gasteiger partial charge on any atom is -0.310 e. The minimum atomic E-state index is -3.43. The van der Waals surface area contributed by atoms with Gasteiger partial charge in [-0.1, -0.05) is 0 Å². The molecule has 0 bridgehead atoms. The van der Waals surface area contributed by atoms with Crippen LogP contribution in [0.25, 0.3) is 0 Å². The first-order valence-corrected chi connectivity index (χ1v) is 8.23. The summed E-state index contributed by atoms with van der Waals surface area (Å²) in [5.74, 6) is 0.538. The molecule has 3 rings (SSSR count). The molecule has 2 saturated carbocycles. The Balaban J connectivity index is 1.73. The summed E-state index contributed by atoms with van der Waals surface area (Å²) in [6.45, 7) is 1.17. The monoisotopic (exact) mass is 284 g/mol. The summed E-state index contributed by atoms with van der Waals surface area (Å²) in [4.78, 5) is 0. The lowest BCUT2D eigenvalue weighted by atomic mass is 10.3. The lowest BCUT2D eigenvalue weighted by molar-refractivity contribution is 0.449. The number of hydrogen-bond acceptors (Lipinski definition) is 4. The molecule has 2 aliphatic carbocycles. The van der Waals surface area contributed by atoms with Gasteiger partial charge in [0.2, 0.25) is 0 Å². The van der Waals surface area contributed by atoms with Gasteiger partial charge >= 0.3 is 0 Å². The van der Waals surface area contributed by atoms with Gasteiger partial charge in [-0.2, -0.15) is 9.40 Å². The van der Waals surface area contributed by atoms with Gasteiger partial charge in [-0.05, 0) is 31.6 Å². The van der Waals surface area contributed by atoms with Gasteiger partial charge in [0.1, 0.15) is 0 Å². The van der Waals surface area contributed by atoms with Gasteiger partial charge in [0.25, 0.3) is 10.0 Å². The fraction of sp³-hybridized carbons (Fsp3) is 0.750. The third kappa shape index (κ3) is 2.98. The highest BCUT2D eigenvalue weighted by Gasteiger charge is 2.31. The molecule has 2 fully saturated rings. The average molecular weight is 284 g/mol. The van der Waals surface area contributed by atoms with Gasteiger partial charge in [0.15, 0.2) is 5.03 Å². The van der Waals surface area contributed by atoms with Crippen molar-refractivity contribution in [3.63, 3.8) is 0 Å². The molecule has 19 heavy (non-hydrogen) atoms. The van der Waals surface area contributed by atoms with E-state index in [1.165, 1.54) is 17.1 Å². The second kappa shape index (κ2) is 4.88. The van der Waals surface area contributed by atoms with Crippen molar-refractivity contribution in [3.8, 4) is 0 Å². The zero-order chi connectivity index (χ0) is 13.5. The van der Waals surface area contributed by atoms with Crippen LogP contribution in [0.2, 0.25) is 0 Å². The van der Waals surface area contributed by atoms with Crippen LogP contribution in [0.3, 0.4) is 0 Å². The molecule has 7 heteroatoms. The van der Waals surface area contributed by atoms with E-state index in [4.69, 9.17) is 0 Å². The summed E-state index contributed by atoms with van der Waals surface area (Å²) in [7, 11) is -1.79. The maximum Gasteiger partial charge on any atom is 0.260 e. The third-order valence-corrected chi connectivity index (χ3v) is 5.56. The number of aromatic nitrogens is 2. The second-order valence-electron chi connectivity index (χ2n) is 5.61. The van der Waals surface area contributed by atoms with Crippen LogP contribution in [0.5, 0.6) is 0 Å². The Morgan fingerprint density at radius 3 is 2.79 bits per heavy atom. The highest BCUT2D eigenvalue weighted by Crippen LogP contribution is 2.31. The first-order chi connectivity index (χ1) is 9.07. The van der Waals surface area contributed by atoms with Crippen molar-refractivity contribution >= 4 is 10.0 Å². The molecular formula is C12H20N4O2S. The van der Waals surface area contributed by atoms with E-state index in [9.17, 15) is 8.42 Å². The third-order valence-electron chi connectivity index (χ3n) is 3.72. The first-order valence-electron chi connectivity index (χ1n) is 6.79. The Morgan fingerprint density at radius 2 is 2.16 bits per heavy atom. The summed E-state index contributed by atoms with van der Waals surface area (Å²) in [6.07, 6.45) is 6.24. The van der Waals surface area contributed by atoms with E-state index < -0.39 is 10.0 Å². The zero-order valence-electron chi connectivity index (χ0n) is 11.1. The number of nitrogens with one attached hydrogen (secondary N) is 2. The van der Waals surface area contributed by atoms with Gasteiger partial charge in [0.05, 0.1) is 6.20 Å². The van der Waals surface area contributed by atoms with Crippen LogP contribution in [-0.2, 0) is 16.6 Å². The summed E-state index contributed by atoms with van der Waals surface area (Å²) in [5, 5.41) is 10.1. The van der Waals surface area contributed by atoms with Crippen LogP contribution in [0.4, 0.5) is 0 Å². The van der Waals surface area contributed by atoms with Crippen molar-refractivity contribution in [2.45, 2.75) is 43.3 Å². The molecule has 0 saturated heterocycles. The average Bonchev–Trinajstić information content (AvgIpc) is 3.28. The van der Waals surface area contributed by atoms with Crippen LogP contribution in [0.15, 0.2) is 11.2 Å². The van der Waals surface area contributed by atoms with Gasteiger partial charge in [-0.25, -0.2) is 8.42 Å². The van der Waals surface area contributed by atoms with Crippen LogP contribution in [0, 0.1) is 5.92 Å². The standard InChI is InChI=1S/C12H20N4O2S/c1-16(8-9-2-3-9)19(17,18)12-10(7-14-15-12)6-13-11-4-5-11/h7,9,11,13H,2-6,8H2,1H3,(H,14,15). The molecule has 0 atom stereocenters. The SMILES string of the molecule is CN(CC1CC1)S(=O)(=O)c1[nH]ncc1CNC1CC1. The Bertz CT molecular complexity index is 546. The fourth-order valence-electron chi connectivity index (χ4n) is 2.11. The van der Waals surface area contributed by atoms with Crippen molar-refractivity contribution in [2.75, 3.05) is 13.6 Å². The van der Waals surface area contributed by atoms with Crippen molar-refractivity contribution in [2.24, 2.45) is 5.92 Å². The molecule has 2 aliphatic rings. The molecule has 1 aromatic heterocycles. The molecule has 1 heterocycles. The molecule has 0 aliphatic heterocycles.